The molecular formula is C9H14O4. The lowest BCUT2D eigenvalue weighted by molar-refractivity contribution is -0.314. The van der Waals surface area contributed by atoms with Crippen molar-refractivity contribution in [1.29, 1.82) is 0 Å². The van der Waals surface area contributed by atoms with Crippen LogP contribution in [0.4, 0.5) is 0 Å². The van der Waals surface area contributed by atoms with E-state index in [1.807, 2.05) is 0 Å². The van der Waals surface area contributed by atoms with Crippen LogP contribution in [0.5, 0.6) is 0 Å². The van der Waals surface area contributed by atoms with Gasteiger partial charge < -0.3 is 14.2 Å². The van der Waals surface area contributed by atoms with Crippen molar-refractivity contribution in [2.45, 2.75) is 25.4 Å². The number of aldehydes is 1. The number of hydrogen-bond acceptors (Lipinski definition) is 4. The molecule has 0 aromatic rings. The van der Waals surface area contributed by atoms with Gasteiger partial charge in [0.15, 0.2) is 12.6 Å². The highest BCUT2D eigenvalue weighted by atomic mass is 16.8. The maximum absolute atomic E-state index is 10.6. The van der Waals surface area contributed by atoms with E-state index in [0.717, 1.165) is 0 Å². The average Bonchev–Trinajstić information content (AvgIpc) is 2.15. The molecule has 1 aliphatic rings. The first-order valence-corrected chi connectivity index (χ1v) is 4.21. The van der Waals surface area contributed by atoms with Crippen LogP contribution in [0.25, 0.3) is 0 Å². The topological polar surface area (TPSA) is 44.8 Å². The molecule has 4 nitrogen and oxygen atoms in total. The van der Waals surface area contributed by atoms with Crippen LogP contribution in [0.2, 0.25) is 0 Å². The molecule has 0 radical (unpaired) electrons. The van der Waals surface area contributed by atoms with Crippen molar-refractivity contribution >= 4 is 6.29 Å². The van der Waals surface area contributed by atoms with Crippen molar-refractivity contribution in [3.8, 4) is 0 Å². The molecule has 1 saturated heterocycles. The van der Waals surface area contributed by atoms with E-state index in [2.05, 4.69) is 6.58 Å². The molecule has 2 unspecified atom stereocenters. The minimum atomic E-state index is -1.15. The van der Waals surface area contributed by atoms with Gasteiger partial charge in [0, 0.05) is 6.42 Å². The zero-order valence-electron chi connectivity index (χ0n) is 7.69. The van der Waals surface area contributed by atoms with Gasteiger partial charge in [-0.1, -0.05) is 6.08 Å². The molecule has 2 atom stereocenters. The Kier molecular flexibility index (Phi) is 3.59. The molecule has 1 aliphatic heterocycles. The Morgan fingerprint density at radius 1 is 1.77 bits per heavy atom. The van der Waals surface area contributed by atoms with Crippen molar-refractivity contribution < 1.29 is 19.0 Å². The SMILES string of the molecule is C=CCOC1CCOC(C)(C=O)O1. The molecule has 0 bridgehead atoms. The second kappa shape index (κ2) is 4.50. The summed E-state index contributed by atoms with van der Waals surface area (Å²) in [6.07, 6.45) is 2.53. The highest BCUT2D eigenvalue weighted by molar-refractivity contribution is 5.59. The molecule has 1 rings (SSSR count). The molecule has 4 heteroatoms. The summed E-state index contributed by atoms with van der Waals surface area (Å²) in [7, 11) is 0. The quantitative estimate of drug-likeness (QED) is 0.482. The van der Waals surface area contributed by atoms with Gasteiger partial charge in [0.1, 0.15) is 0 Å². The number of rotatable bonds is 4. The Balaban J connectivity index is 2.41. The van der Waals surface area contributed by atoms with Gasteiger partial charge >= 0.3 is 0 Å². The zero-order valence-corrected chi connectivity index (χ0v) is 7.69. The van der Waals surface area contributed by atoms with Gasteiger partial charge in [-0.3, -0.25) is 4.79 Å². The summed E-state index contributed by atoms with van der Waals surface area (Å²) in [5.41, 5.74) is 0. The van der Waals surface area contributed by atoms with E-state index in [-0.39, 0.29) is 6.29 Å². The van der Waals surface area contributed by atoms with Crippen molar-refractivity contribution in [3.05, 3.63) is 12.7 Å². The highest BCUT2D eigenvalue weighted by Crippen LogP contribution is 2.21. The van der Waals surface area contributed by atoms with Crippen LogP contribution in [-0.2, 0) is 19.0 Å². The van der Waals surface area contributed by atoms with Crippen molar-refractivity contribution in [3.63, 3.8) is 0 Å². The lowest BCUT2D eigenvalue weighted by Crippen LogP contribution is -2.44. The molecule has 0 aliphatic carbocycles. The minimum Gasteiger partial charge on any atom is -0.348 e. The zero-order chi connectivity index (χ0) is 9.73. The van der Waals surface area contributed by atoms with Gasteiger partial charge in [0.05, 0.1) is 13.2 Å². The first-order valence-electron chi connectivity index (χ1n) is 4.21. The number of hydrogen-bond donors (Lipinski definition) is 0. The van der Waals surface area contributed by atoms with Crippen molar-refractivity contribution in [2.24, 2.45) is 0 Å². The Labute approximate surface area is 77.5 Å². The van der Waals surface area contributed by atoms with Crippen molar-refractivity contribution in [2.75, 3.05) is 13.2 Å². The fraction of sp³-hybridized carbons (Fsp3) is 0.667. The Hall–Kier alpha value is -0.710. The van der Waals surface area contributed by atoms with Crippen LogP contribution >= 0.6 is 0 Å². The highest BCUT2D eigenvalue weighted by Gasteiger charge is 2.33. The first-order chi connectivity index (χ1) is 6.20. The fourth-order valence-corrected chi connectivity index (χ4v) is 1.07. The maximum Gasteiger partial charge on any atom is 0.225 e. The van der Waals surface area contributed by atoms with E-state index in [4.69, 9.17) is 14.2 Å². The minimum absolute atomic E-state index is 0.373. The molecule has 74 valence electrons. The Bertz CT molecular complexity index is 192. The molecule has 0 saturated carbocycles. The number of carbonyl (C=O) groups excluding carboxylic acids is 1. The summed E-state index contributed by atoms with van der Waals surface area (Å²) in [5.74, 6) is -1.15. The van der Waals surface area contributed by atoms with Crippen LogP contribution in [0.15, 0.2) is 12.7 Å². The van der Waals surface area contributed by atoms with Crippen LogP contribution in [0, 0.1) is 0 Å². The molecule has 0 aromatic carbocycles. The lowest BCUT2D eigenvalue weighted by atomic mass is 10.3. The largest absolute Gasteiger partial charge is 0.348 e. The third-order valence-corrected chi connectivity index (χ3v) is 1.72. The summed E-state index contributed by atoms with van der Waals surface area (Å²) in [5, 5.41) is 0. The smallest absolute Gasteiger partial charge is 0.225 e. The molecule has 1 heterocycles. The van der Waals surface area contributed by atoms with Gasteiger partial charge in [-0.05, 0) is 6.92 Å². The predicted octanol–water partition coefficient (Wildman–Crippen LogP) is 0.867. The van der Waals surface area contributed by atoms with E-state index in [1.165, 1.54) is 0 Å². The summed E-state index contributed by atoms with van der Waals surface area (Å²) < 4.78 is 15.6. The molecule has 0 N–H and O–H groups in total. The third-order valence-electron chi connectivity index (χ3n) is 1.72. The molecule has 0 spiro atoms. The number of ether oxygens (including phenoxy) is 3. The van der Waals surface area contributed by atoms with E-state index in [1.54, 1.807) is 13.0 Å². The Morgan fingerprint density at radius 2 is 2.54 bits per heavy atom. The van der Waals surface area contributed by atoms with E-state index in [0.29, 0.717) is 25.9 Å². The summed E-state index contributed by atoms with van der Waals surface area (Å²) in [6.45, 7) is 5.98. The van der Waals surface area contributed by atoms with Gasteiger partial charge in [-0.15, -0.1) is 6.58 Å². The predicted molar refractivity (Wildman–Crippen MR) is 46.1 cm³/mol. The number of carbonyl (C=O) groups is 1. The fourth-order valence-electron chi connectivity index (χ4n) is 1.07. The van der Waals surface area contributed by atoms with E-state index in [9.17, 15) is 4.79 Å². The molecule has 0 amide bonds. The summed E-state index contributed by atoms with van der Waals surface area (Å²) in [6, 6.07) is 0. The maximum atomic E-state index is 10.6. The summed E-state index contributed by atoms with van der Waals surface area (Å²) >= 11 is 0. The van der Waals surface area contributed by atoms with E-state index >= 15 is 0 Å². The normalized spacial score (nSPS) is 34.1. The van der Waals surface area contributed by atoms with Crippen LogP contribution < -0.4 is 0 Å². The lowest BCUT2D eigenvalue weighted by Gasteiger charge is -2.34. The standard InChI is InChI=1S/C9H14O4/c1-3-5-11-8-4-6-12-9(2,7-10)13-8/h3,7-8H,1,4-6H2,2H3. The van der Waals surface area contributed by atoms with Gasteiger partial charge in [-0.25, -0.2) is 0 Å². The molecule has 1 fully saturated rings. The molecule has 0 aromatic heterocycles. The van der Waals surface area contributed by atoms with Gasteiger partial charge in [0.2, 0.25) is 5.79 Å². The summed E-state index contributed by atoms with van der Waals surface area (Å²) in [4.78, 5) is 10.6. The van der Waals surface area contributed by atoms with Gasteiger partial charge in [-0.2, -0.15) is 0 Å². The second-order valence-electron chi connectivity index (χ2n) is 2.94. The van der Waals surface area contributed by atoms with Crippen LogP contribution in [0.1, 0.15) is 13.3 Å². The van der Waals surface area contributed by atoms with Crippen LogP contribution in [-0.4, -0.2) is 31.6 Å². The average molecular weight is 186 g/mol. The monoisotopic (exact) mass is 186 g/mol. The molecule has 13 heavy (non-hydrogen) atoms. The Morgan fingerprint density at radius 3 is 3.15 bits per heavy atom. The van der Waals surface area contributed by atoms with Crippen molar-refractivity contribution in [1.82, 2.24) is 0 Å². The first kappa shape index (κ1) is 10.4. The third kappa shape index (κ3) is 2.91. The van der Waals surface area contributed by atoms with Crippen LogP contribution in [0.3, 0.4) is 0 Å². The molecular weight excluding hydrogens is 172 g/mol. The van der Waals surface area contributed by atoms with E-state index < -0.39 is 5.79 Å². The van der Waals surface area contributed by atoms with Gasteiger partial charge in [0.25, 0.3) is 0 Å². The second-order valence-corrected chi connectivity index (χ2v) is 2.94.